The maximum atomic E-state index is 12.5. The summed E-state index contributed by atoms with van der Waals surface area (Å²) in [5, 5.41) is 2.90. The summed E-state index contributed by atoms with van der Waals surface area (Å²) in [5.74, 6) is 1.89. The lowest BCUT2D eigenvalue weighted by Crippen LogP contribution is -2.42. The first-order valence-corrected chi connectivity index (χ1v) is 10.7. The Hall–Kier alpha value is -2.48. The van der Waals surface area contributed by atoms with Gasteiger partial charge in [0.25, 0.3) is 0 Å². The molecule has 1 aromatic rings. The van der Waals surface area contributed by atoms with E-state index in [1.165, 1.54) is 0 Å². The van der Waals surface area contributed by atoms with Gasteiger partial charge in [0.05, 0.1) is 21.3 Å². The van der Waals surface area contributed by atoms with Crippen molar-refractivity contribution in [2.75, 3.05) is 59.4 Å². The highest BCUT2D eigenvalue weighted by Gasteiger charge is 2.29. The molecule has 8 nitrogen and oxygen atoms in total. The lowest BCUT2D eigenvalue weighted by Gasteiger charge is -2.33. The molecule has 2 heterocycles. The zero-order chi connectivity index (χ0) is 21.5. The molecule has 1 N–H and O–H groups in total. The van der Waals surface area contributed by atoms with E-state index in [-0.39, 0.29) is 11.8 Å². The van der Waals surface area contributed by atoms with E-state index in [9.17, 15) is 9.59 Å². The van der Waals surface area contributed by atoms with Gasteiger partial charge >= 0.3 is 0 Å². The van der Waals surface area contributed by atoms with E-state index in [0.717, 1.165) is 51.9 Å². The van der Waals surface area contributed by atoms with Crippen molar-refractivity contribution < 1.29 is 23.8 Å². The Morgan fingerprint density at radius 2 is 1.57 bits per heavy atom. The van der Waals surface area contributed by atoms with Crippen LogP contribution in [0, 0.1) is 5.92 Å². The van der Waals surface area contributed by atoms with Crippen LogP contribution in [0.15, 0.2) is 12.1 Å². The van der Waals surface area contributed by atoms with Gasteiger partial charge < -0.3 is 29.3 Å². The lowest BCUT2D eigenvalue weighted by atomic mass is 9.95. The van der Waals surface area contributed by atoms with Crippen molar-refractivity contribution in [2.45, 2.75) is 32.1 Å². The molecule has 2 saturated heterocycles. The van der Waals surface area contributed by atoms with Gasteiger partial charge in [-0.05, 0) is 38.8 Å². The number of ether oxygens (including phenoxy) is 3. The second-order valence-corrected chi connectivity index (χ2v) is 7.86. The summed E-state index contributed by atoms with van der Waals surface area (Å²) in [5.41, 5.74) is 0.601. The third-order valence-electron chi connectivity index (χ3n) is 5.96. The maximum absolute atomic E-state index is 12.5. The fourth-order valence-electron chi connectivity index (χ4n) is 4.24. The molecule has 0 saturated carbocycles. The predicted molar refractivity (Wildman–Crippen MR) is 114 cm³/mol. The zero-order valence-corrected chi connectivity index (χ0v) is 18.2. The highest BCUT2D eigenvalue weighted by atomic mass is 16.5. The summed E-state index contributed by atoms with van der Waals surface area (Å²) in [4.78, 5) is 29.3. The highest BCUT2D eigenvalue weighted by Crippen LogP contribution is 2.39. The number of hydrogen-bond acceptors (Lipinski definition) is 6. The van der Waals surface area contributed by atoms with Crippen LogP contribution in [0.3, 0.4) is 0 Å². The molecule has 0 unspecified atom stereocenters. The van der Waals surface area contributed by atoms with E-state index in [1.54, 1.807) is 33.5 Å². The second-order valence-electron chi connectivity index (χ2n) is 7.86. The number of amides is 2. The number of benzene rings is 1. The summed E-state index contributed by atoms with van der Waals surface area (Å²) in [6.45, 7) is 4.24. The molecule has 0 radical (unpaired) electrons. The van der Waals surface area contributed by atoms with Crippen LogP contribution in [0.25, 0.3) is 0 Å². The molecule has 3 rings (SSSR count). The first kappa shape index (κ1) is 22.2. The van der Waals surface area contributed by atoms with Gasteiger partial charge in [0.1, 0.15) is 0 Å². The second kappa shape index (κ2) is 10.5. The van der Waals surface area contributed by atoms with E-state index >= 15 is 0 Å². The van der Waals surface area contributed by atoms with Crippen LogP contribution in [0.4, 0.5) is 5.69 Å². The number of nitrogens with one attached hydrogen (secondary N) is 1. The molecule has 1 aromatic carbocycles. The molecule has 8 heteroatoms. The third kappa shape index (κ3) is 5.36. The van der Waals surface area contributed by atoms with Crippen LogP contribution < -0.4 is 19.5 Å². The predicted octanol–water partition coefficient (Wildman–Crippen LogP) is 2.38. The Bertz CT molecular complexity index is 715. The normalized spacial score (nSPS) is 17.6. The van der Waals surface area contributed by atoms with Crippen molar-refractivity contribution in [1.82, 2.24) is 9.80 Å². The number of likely N-dealkylation sites (tertiary alicyclic amines) is 2. The fraction of sp³-hybridized carbons (Fsp3) is 0.636. The van der Waals surface area contributed by atoms with Gasteiger partial charge in [0.2, 0.25) is 17.6 Å². The summed E-state index contributed by atoms with van der Waals surface area (Å²) >= 11 is 0. The van der Waals surface area contributed by atoms with Gasteiger partial charge in [-0.2, -0.15) is 0 Å². The van der Waals surface area contributed by atoms with Crippen molar-refractivity contribution in [3.05, 3.63) is 12.1 Å². The Labute approximate surface area is 178 Å². The number of carbonyl (C=O) groups excluding carboxylic acids is 2. The molecular weight excluding hydrogens is 386 g/mol. The van der Waals surface area contributed by atoms with E-state index < -0.39 is 0 Å². The minimum absolute atomic E-state index is 0.0699. The van der Waals surface area contributed by atoms with Gasteiger partial charge in [-0.15, -0.1) is 0 Å². The minimum atomic E-state index is -0.0699. The smallest absolute Gasteiger partial charge is 0.225 e. The molecule has 2 aliphatic rings. The monoisotopic (exact) mass is 419 g/mol. The van der Waals surface area contributed by atoms with E-state index in [0.29, 0.717) is 41.8 Å². The zero-order valence-electron chi connectivity index (χ0n) is 18.2. The van der Waals surface area contributed by atoms with Gasteiger partial charge in [0.15, 0.2) is 11.5 Å². The number of methoxy groups -OCH3 is 3. The van der Waals surface area contributed by atoms with Crippen molar-refractivity contribution in [1.29, 1.82) is 0 Å². The minimum Gasteiger partial charge on any atom is -0.493 e. The van der Waals surface area contributed by atoms with Crippen LogP contribution in [0.2, 0.25) is 0 Å². The van der Waals surface area contributed by atoms with Gasteiger partial charge in [-0.3, -0.25) is 9.59 Å². The van der Waals surface area contributed by atoms with Crippen molar-refractivity contribution in [3.8, 4) is 17.2 Å². The Balaban J connectivity index is 1.46. The topological polar surface area (TPSA) is 80.3 Å². The summed E-state index contributed by atoms with van der Waals surface area (Å²) in [7, 11) is 4.63. The van der Waals surface area contributed by atoms with Crippen molar-refractivity contribution >= 4 is 17.5 Å². The summed E-state index contributed by atoms with van der Waals surface area (Å²) in [6, 6.07) is 3.43. The maximum Gasteiger partial charge on any atom is 0.225 e. The third-order valence-corrected chi connectivity index (χ3v) is 5.96. The molecule has 30 heavy (non-hydrogen) atoms. The van der Waals surface area contributed by atoms with Crippen LogP contribution >= 0.6 is 0 Å². The molecule has 2 fully saturated rings. The van der Waals surface area contributed by atoms with Crippen LogP contribution in [-0.2, 0) is 9.59 Å². The van der Waals surface area contributed by atoms with E-state index in [2.05, 4.69) is 10.2 Å². The molecule has 166 valence electrons. The Kier molecular flexibility index (Phi) is 7.79. The van der Waals surface area contributed by atoms with E-state index in [4.69, 9.17) is 14.2 Å². The van der Waals surface area contributed by atoms with E-state index in [1.807, 2.05) is 4.90 Å². The first-order valence-electron chi connectivity index (χ1n) is 10.7. The van der Waals surface area contributed by atoms with Crippen LogP contribution in [0.5, 0.6) is 17.2 Å². The van der Waals surface area contributed by atoms with Gasteiger partial charge in [-0.1, -0.05) is 0 Å². The fourth-order valence-corrected chi connectivity index (χ4v) is 4.24. The number of rotatable bonds is 8. The van der Waals surface area contributed by atoms with Crippen molar-refractivity contribution in [3.63, 3.8) is 0 Å². The largest absolute Gasteiger partial charge is 0.493 e. The molecular formula is C22H33N3O5. The summed E-state index contributed by atoms with van der Waals surface area (Å²) in [6.07, 6.45) is 4.41. The van der Waals surface area contributed by atoms with Gasteiger partial charge in [-0.25, -0.2) is 0 Å². The molecule has 0 aliphatic carbocycles. The van der Waals surface area contributed by atoms with Crippen molar-refractivity contribution in [2.24, 2.45) is 5.92 Å². The molecule has 0 spiro atoms. The quantitative estimate of drug-likeness (QED) is 0.697. The molecule has 0 aromatic heterocycles. The Morgan fingerprint density at radius 1 is 0.967 bits per heavy atom. The lowest BCUT2D eigenvalue weighted by molar-refractivity contribution is -0.136. The standard InChI is InChI=1S/C22H33N3O5/c1-28-18-14-17(15-19(29-2)21(18)30-3)23-20(26)8-13-24-11-6-16(7-12-24)22(27)25-9-4-5-10-25/h14-16H,4-13H2,1-3H3,(H,23,26). The molecule has 2 aliphatic heterocycles. The van der Waals surface area contributed by atoms with Crippen LogP contribution in [0.1, 0.15) is 32.1 Å². The molecule has 0 bridgehead atoms. The summed E-state index contributed by atoms with van der Waals surface area (Å²) < 4.78 is 16.0. The number of hydrogen-bond donors (Lipinski definition) is 1. The average Bonchev–Trinajstić information content (AvgIpc) is 3.31. The number of carbonyl (C=O) groups is 2. The average molecular weight is 420 g/mol. The van der Waals surface area contributed by atoms with Crippen LogP contribution in [-0.4, -0.2) is 75.7 Å². The number of anilines is 1. The Morgan fingerprint density at radius 3 is 2.10 bits per heavy atom. The SMILES string of the molecule is COc1cc(NC(=O)CCN2CCC(C(=O)N3CCCC3)CC2)cc(OC)c1OC. The number of piperidine rings is 1. The van der Waals surface area contributed by atoms with Gasteiger partial charge in [0, 0.05) is 49.8 Å². The first-order chi connectivity index (χ1) is 14.5. The highest BCUT2D eigenvalue weighted by molar-refractivity contribution is 5.91. The molecule has 0 atom stereocenters. The molecule has 2 amide bonds. The number of nitrogens with zero attached hydrogens (tertiary/aromatic N) is 2.